The number of benzene rings is 1. The van der Waals surface area contributed by atoms with E-state index in [1.807, 2.05) is 20.8 Å². The van der Waals surface area contributed by atoms with Gasteiger partial charge in [0.05, 0.1) is 0 Å². The largest absolute Gasteiger partial charge is 0.482 e. The monoisotopic (exact) mass is 335 g/mol. The zero-order valence-electron chi connectivity index (χ0n) is 14.7. The van der Waals surface area contributed by atoms with Gasteiger partial charge in [-0.15, -0.1) is 0 Å². The van der Waals surface area contributed by atoms with Crippen molar-refractivity contribution >= 4 is 17.7 Å². The summed E-state index contributed by atoms with van der Waals surface area (Å²) in [6.07, 6.45) is 1.20. The molecule has 1 aromatic rings. The Morgan fingerprint density at radius 1 is 1.04 bits per heavy atom. The Hall–Kier alpha value is -2.37. The first-order valence-electron chi connectivity index (χ1n) is 8.00. The van der Waals surface area contributed by atoms with E-state index < -0.39 is 5.97 Å². The highest BCUT2D eigenvalue weighted by molar-refractivity contribution is 5.95. The van der Waals surface area contributed by atoms with Gasteiger partial charge in [-0.1, -0.05) is 13.8 Å². The zero-order chi connectivity index (χ0) is 18.2. The van der Waals surface area contributed by atoms with Gasteiger partial charge in [0.2, 0.25) is 0 Å². The molecule has 0 aliphatic heterocycles. The van der Waals surface area contributed by atoms with Crippen molar-refractivity contribution in [1.82, 2.24) is 5.32 Å². The minimum absolute atomic E-state index is 0.0435. The molecule has 0 bridgehead atoms. The summed E-state index contributed by atoms with van der Waals surface area (Å²) < 4.78 is 10.1. The summed E-state index contributed by atoms with van der Waals surface area (Å²) in [6, 6.07) is 6.53. The number of hydrogen-bond acceptors (Lipinski definition) is 5. The van der Waals surface area contributed by atoms with Crippen LogP contribution in [0.15, 0.2) is 24.3 Å². The van der Waals surface area contributed by atoms with Crippen molar-refractivity contribution in [2.45, 2.75) is 46.1 Å². The third-order valence-corrected chi connectivity index (χ3v) is 3.58. The molecule has 1 rings (SSSR count). The van der Waals surface area contributed by atoms with Crippen LogP contribution in [0, 0.1) is 0 Å². The predicted octanol–water partition coefficient (Wildman–Crippen LogP) is 2.51. The summed E-state index contributed by atoms with van der Waals surface area (Å²) >= 11 is 0. The SMILES string of the molecule is CCC(=O)c1ccc(OCC(=O)OCC(=O)NC(C)(C)CC)cc1. The molecule has 24 heavy (non-hydrogen) atoms. The maximum atomic E-state index is 11.7. The molecule has 132 valence electrons. The average molecular weight is 335 g/mol. The van der Waals surface area contributed by atoms with Crippen molar-refractivity contribution in [3.05, 3.63) is 29.8 Å². The highest BCUT2D eigenvalue weighted by Gasteiger charge is 2.18. The fourth-order valence-electron chi connectivity index (χ4n) is 1.77. The molecule has 1 N–H and O–H groups in total. The Balaban J connectivity index is 2.36. The Morgan fingerprint density at radius 3 is 2.21 bits per heavy atom. The van der Waals surface area contributed by atoms with Crippen LogP contribution >= 0.6 is 0 Å². The lowest BCUT2D eigenvalue weighted by atomic mass is 10.0. The van der Waals surface area contributed by atoms with Crippen molar-refractivity contribution < 1.29 is 23.9 Å². The molecule has 0 spiro atoms. The Morgan fingerprint density at radius 2 is 1.67 bits per heavy atom. The average Bonchev–Trinajstić information content (AvgIpc) is 2.57. The minimum Gasteiger partial charge on any atom is -0.482 e. The molecule has 0 aliphatic carbocycles. The Bertz CT molecular complexity index is 578. The fraction of sp³-hybridized carbons (Fsp3) is 0.500. The molecule has 0 radical (unpaired) electrons. The first-order valence-corrected chi connectivity index (χ1v) is 8.00. The number of ether oxygens (including phenoxy) is 2. The van der Waals surface area contributed by atoms with Gasteiger partial charge in [-0.3, -0.25) is 9.59 Å². The van der Waals surface area contributed by atoms with Gasteiger partial charge >= 0.3 is 5.97 Å². The van der Waals surface area contributed by atoms with Gasteiger partial charge in [0, 0.05) is 17.5 Å². The van der Waals surface area contributed by atoms with Gasteiger partial charge in [-0.2, -0.15) is 0 Å². The van der Waals surface area contributed by atoms with E-state index in [1.54, 1.807) is 31.2 Å². The molecule has 6 nitrogen and oxygen atoms in total. The van der Waals surface area contributed by atoms with E-state index in [1.165, 1.54) is 0 Å². The first-order chi connectivity index (χ1) is 11.3. The molecular weight excluding hydrogens is 310 g/mol. The van der Waals surface area contributed by atoms with Crippen LogP contribution < -0.4 is 10.1 Å². The number of hydrogen-bond donors (Lipinski definition) is 1. The lowest BCUT2D eigenvalue weighted by Crippen LogP contribution is -2.44. The van der Waals surface area contributed by atoms with Crippen molar-refractivity contribution in [1.29, 1.82) is 0 Å². The van der Waals surface area contributed by atoms with Gasteiger partial charge < -0.3 is 14.8 Å². The minimum atomic E-state index is -0.631. The van der Waals surface area contributed by atoms with Crippen LogP contribution in [0.2, 0.25) is 0 Å². The number of ketones is 1. The standard InChI is InChI=1S/C18H25NO5/c1-5-15(20)13-7-9-14(10-8-13)23-12-17(22)24-11-16(21)19-18(3,4)6-2/h7-10H,5-6,11-12H2,1-4H3,(H,19,21). The van der Waals surface area contributed by atoms with Crippen molar-refractivity contribution in [2.24, 2.45) is 0 Å². The van der Waals surface area contributed by atoms with E-state index in [-0.39, 0.29) is 30.4 Å². The van der Waals surface area contributed by atoms with Crippen LogP contribution in [-0.2, 0) is 14.3 Å². The van der Waals surface area contributed by atoms with Gasteiger partial charge in [0.25, 0.3) is 5.91 Å². The molecule has 0 heterocycles. The number of carbonyl (C=O) groups excluding carboxylic acids is 3. The summed E-state index contributed by atoms with van der Waals surface area (Å²) in [4.78, 5) is 34.8. The molecule has 0 saturated carbocycles. The van der Waals surface area contributed by atoms with Crippen LogP contribution in [0.4, 0.5) is 0 Å². The molecule has 0 fully saturated rings. The summed E-state index contributed by atoms with van der Waals surface area (Å²) in [5.74, 6) is -0.482. The molecule has 1 amide bonds. The van der Waals surface area contributed by atoms with E-state index in [9.17, 15) is 14.4 Å². The Labute approximate surface area is 142 Å². The van der Waals surface area contributed by atoms with Crippen LogP contribution in [0.25, 0.3) is 0 Å². The summed E-state index contributed by atoms with van der Waals surface area (Å²) in [5.41, 5.74) is 0.264. The van der Waals surface area contributed by atoms with E-state index in [4.69, 9.17) is 9.47 Å². The number of nitrogens with one attached hydrogen (secondary N) is 1. The number of esters is 1. The molecule has 6 heteroatoms. The summed E-state index contributed by atoms with van der Waals surface area (Å²) in [6.45, 7) is 6.90. The highest BCUT2D eigenvalue weighted by atomic mass is 16.6. The predicted molar refractivity (Wildman–Crippen MR) is 90.0 cm³/mol. The Kier molecular flexibility index (Phi) is 7.42. The molecule has 0 aliphatic rings. The molecule has 0 unspecified atom stereocenters. The van der Waals surface area contributed by atoms with Crippen molar-refractivity contribution in [3.8, 4) is 5.75 Å². The van der Waals surface area contributed by atoms with E-state index in [0.717, 1.165) is 6.42 Å². The molecule has 1 aromatic carbocycles. The lowest BCUT2D eigenvalue weighted by molar-refractivity contribution is -0.150. The number of Topliss-reactive ketones (excluding diaryl/α,β-unsaturated/α-hetero) is 1. The fourth-order valence-corrected chi connectivity index (χ4v) is 1.77. The number of carbonyl (C=O) groups is 3. The lowest BCUT2D eigenvalue weighted by Gasteiger charge is -2.24. The van der Waals surface area contributed by atoms with Gasteiger partial charge in [-0.25, -0.2) is 4.79 Å². The second kappa shape index (κ2) is 9.05. The molecule has 0 atom stereocenters. The molecule has 0 saturated heterocycles. The first kappa shape index (κ1) is 19.7. The molecular formula is C18H25NO5. The van der Waals surface area contributed by atoms with Crippen LogP contribution in [0.1, 0.15) is 50.9 Å². The maximum Gasteiger partial charge on any atom is 0.344 e. The third kappa shape index (κ3) is 6.81. The normalized spacial score (nSPS) is 10.8. The quantitative estimate of drug-likeness (QED) is 0.554. The van der Waals surface area contributed by atoms with Crippen LogP contribution in [0.5, 0.6) is 5.75 Å². The highest BCUT2D eigenvalue weighted by Crippen LogP contribution is 2.13. The third-order valence-electron chi connectivity index (χ3n) is 3.58. The van der Waals surface area contributed by atoms with Gasteiger partial charge in [0.15, 0.2) is 19.0 Å². The maximum absolute atomic E-state index is 11.7. The number of rotatable bonds is 9. The van der Waals surface area contributed by atoms with Gasteiger partial charge in [0.1, 0.15) is 5.75 Å². The van der Waals surface area contributed by atoms with E-state index >= 15 is 0 Å². The van der Waals surface area contributed by atoms with E-state index in [0.29, 0.717) is 17.7 Å². The zero-order valence-corrected chi connectivity index (χ0v) is 14.7. The van der Waals surface area contributed by atoms with Crippen molar-refractivity contribution in [3.63, 3.8) is 0 Å². The van der Waals surface area contributed by atoms with Gasteiger partial charge in [-0.05, 0) is 44.5 Å². The topological polar surface area (TPSA) is 81.7 Å². The second-order valence-electron chi connectivity index (χ2n) is 6.04. The summed E-state index contributed by atoms with van der Waals surface area (Å²) in [7, 11) is 0. The summed E-state index contributed by atoms with van der Waals surface area (Å²) in [5, 5.41) is 2.77. The second-order valence-corrected chi connectivity index (χ2v) is 6.04. The van der Waals surface area contributed by atoms with Crippen LogP contribution in [0.3, 0.4) is 0 Å². The van der Waals surface area contributed by atoms with Crippen LogP contribution in [-0.4, -0.2) is 36.4 Å². The van der Waals surface area contributed by atoms with E-state index in [2.05, 4.69) is 5.32 Å². The smallest absolute Gasteiger partial charge is 0.344 e. The number of amides is 1. The van der Waals surface area contributed by atoms with Crippen molar-refractivity contribution in [2.75, 3.05) is 13.2 Å². The molecule has 0 aromatic heterocycles.